The van der Waals surface area contributed by atoms with E-state index in [1.54, 1.807) is 6.07 Å². The molecular formula is C21H12BrFN2O4S. The number of amides is 4. The SMILES string of the molecule is O=C1NC(=O)N(c2ccc(F)cc2)C(=O)/C1=C/c1cc(Br)c(Sc2ccccc2)o1. The molecule has 0 atom stereocenters. The van der Waals surface area contributed by atoms with Crippen LogP contribution in [-0.4, -0.2) is 17.8 Å². The zero-order valence-electron chi connectivity index (χ0n) is 15.1. The van der Waals surface area contributed by atoms with Crippen LogP contribution in [0.3, 0.4) is 0 Å². The summed E-state index contributed by atoms with van der Waals surface area (Å²) in [6, 6.07) is 15.0. The van der Waals surface area contributed by atoms with Gasteiger partial charge in [-0.3, -0.25) is 14.9 Å². The number of rotatable bonds is 4. The highest BCUT2D eigenvalue weighted by Crippen LogP contribution is 2.36. The van der Waals surface area contributed by atoms with Gasteiger partial charge in [0.2, 0.25) is 0 Å². The Morgan fingerprint density at radius 2 is 1.73 bits per heavy atom. The molecule has 0 bridgehead atoms. The minimum Gasteiger partial charge on any atom is -0.449 e. The summed E-state index contributed by atoms with van der Waals surface area (Å²) in [6.45, 7) is 0. The molecule has 1 fully saturated rings. The fraction of sp³-hybridized carbons (Fsp3) is 0. The number of nitrogens with one attached hydrogen (secondary N) is 1. The molecule has 0 spiro atoms. The van der Waals surface area contributed by atoms with Crippen LogP contribution in [0.1, 0.15) is 5.76 Å². The van der Waals surface area contributed by atoms with Gasteiger partial charge >= 0.3 is 6.03 Å². The molecule has 1 aliphatic rings. The fourth-order valence-electron chi connectivity index (χ4n) is 2.73. The predicted octanol–water partition coefficient (Wildman–Crippen LogP) is 5.00. The molecule has 1 aliphatic heterocycles. The van der Waals surface area contributed by atoms with E-state index < -0.39 is 23.7 Å². The summed E-state index contributed by atoms with van der Waals surface area (Å²) in [7, 11) is 0. The molecule has 4 rings (SSSR count). The summed E-state index contributed by atoms with van der Waals surface area (Å²) < 4.78 is 19.6. The number of halogens is 2. The summed E-state index contributed by atoms with van der Waals surface area (Å²) in [5.74, 6) is -1.93. The summed E-state index contributed by atoms with van der Waals surface area (Å²) in [5.41, 5.74) is -0.144. The van der Waals surface area contributed by atoms with Crippen LogP contribution >= 0.6 is 27.7 Å². The third-order valence-corrected chi connectivity index (χ3v) is 5.95. The van der Waals surface area contributed by atoms with Crippen molar-refractivity contribution in [1.29, 1.82) is 0 Å². The molecule has 2 heterocycles. The second-order valence-corrected chi connectivity index (χ2v) is 8.03. The van der Waals surface area contributed by atoms with E-state index in [4.69, 9.17) is 4.42 Å². The van der Waals surface area contributed by atoms with Crippen LogP contribution in [0.2, 0.25) is 0 Å². The highest BCUT2D eigenvalue weighted by molar-refractivity contribution is 9.10. The van der Waals surface area contributed by atoms with E-state index in [9.17, 15) is 18.8 Å². The molecule has 6 nitrogen and oxygen atoms in total. The van der Waals surface area contributed by atoms with Gasteiger partial charge in [0.1, 0.15) is 17.2 Å². The normalized spacial score (nSPS) is 15.6. The molecule has 1 saturated heterocycles. The maximum atomic E-state index is 13.2. The maximum absolute atomic E-state index is 13.2. The molecule has 0 radical (unpaired) electrons. The Balaban J connectivity index is 1.64. The van der Waals surface area contributed by atoms with Crippen molar-refractivity contribution in [2.75, 3.05) is 4.90 Å². The number of urea groups is 1. The molecule has 150 valence electrons. The lowest BCUT2D eigenvalue weighted by atomic mass is 10.1. The summed E-state index contributed by atoms with van der Waals surface area (Å²) in [4.78, 5) is 39.0. The van der Waals surface area contributed by atoms with E-state index in [0.29, 0.717) is 9.56 Å². The Morgan fingerprint density at radius 1 is 1.03 bits per heavy atom. The molecule has 0 aliphatic carbocycles. The topological polar surface area (TPSA) is 79.6 Å². The van der Waals surface area contributed by atoms with Crippen LogP contribution in [0.15, 0.2) is 85.1 Å². The smallest absolute Gasteiger partial charge is 0.335 e. The second kappa shape index (κ2) is 8.29. The highest BCUT2D eigenvalue weighted by atomic mass is 79.9. The first-order chi connectivity index (χ1) is 14.4. The lowest BCUT2D eigenvalue weighted by Crippen LogP contribution is -2.54. The molecule has 1 aromatic heterocycles. The van der Waals surface area contributed by atoms with Gasteiger partial charge in [-0.15, -0.1) is 0 Å². The summed E-state index contributed by atoms with van der Waals surface area (Å²) in [5, 5.41) is 2.66. The zero-order chi connectivity index (χ0) is 21.3. The molecule has 2 aromatic carbocycles. The van der Waals surface area contributed by atoms with Gasteiger partial charge in [0.05, 0.1) is 10.2 Å². The monoisotopic (exact) mass is 486 g/mol. The van der Waals surface area contributed by atoms with Crippen molar-refractivity contribution in [2.45, 2.75) is 9.99 Å². The number of benzene rings is 2. The first-order valence-corrected chi connectivity index (χ1v) is 10.2. The largest absolute Gasteiger partial charge is 0.449 e. The van der Waals surface area contributed by atoms with Crippen molar-refractivity contribution in [3.8, 4) is 0 Å². The van der Waals surface area contributed by atoms with Gasteiger partial charge in [-0.1, -0.05) is 30.0 Å². The van der Waals surface area contributed by atoms with E-state index in [0.717, 1.165) is 21.9 Å². The van der Waals surface area contributed by atoms with E-state index in [1.807, 2.05) is 30.3 Å². The third kappa shape index (κ3) is 4.07. The Morgan fingerprint density at radius 3 is 2.43 bits per heavy atom. The average molecular weight is 487 g/mol. The average Bonchev–Trinajstić information content (AvgIpc) is 3.06. The van der Waals surface area contributed by atoms with E-state index >= 15 is 0 Å². The Labute approximate surface area is 182 Å². The van der Waals surface area contributed by atoms with E-state index in [2.05, 4.69) is 21.2 Å². The molecule has 30 heavy (non-hydrogen) atoms. The van der Waals surface area contributed by atoms with Gasteiger partial charge in [-0.05, 0) is 64.5 Å². The van der Waals surface area contributed by atoms with Gasteiger partial charge in [0.25, 0.3) is 11.8 Å². The lowest BCUT2D eigenvalue weighted by molar-refractivity contribution is -0.122. The van der Waals surface area contributed by atoms with Gasteiger partial charge in [0, 0.05) is 4.90 Å². The Hall–Kier alpha value is -3.17. The summed E-state index contributed by atoms with van der Waals surface area (Å²) in [6.07, 6.45) is 1.26. The van der Waals surface area contributed by atoms with Crippen molar-refractivity contribution in [3.05, 3.63) is 82.3 Å². The molecule has 1 N–H and O–H groups in total. The van der Waals surface area contributed by atoms with Crippen LogP contribution in [0, 0.1) is 5.82 Å². The van der Waals surface area contributed by atoms with Crippen molar-refractivity contribution in [2.24, 2.45) is 0 Å². The minimum absolute atomic E-state index is 0.137. The molecule has 0 unspecified atom stereocenters. The molecule has 0 saturated carbocycles. The number of carbonyl (C=O) groups is 3. The van der Waals surface area contributed by atoms with Crippen LogP contribution in [-0.2, 0) is 9.59 Å². The zero-order valence-corrected chi connectivity index (χ0v) is 17.5. The number of barbiturate groups is 1. The van der Waals surface area contributed by atoms with Crippen LogP contribution in [0.4, 0.5) is 14.9 Å². The van der Waals surface area contributed by atoms with Crippen molar-refractivity contribution < 1.29 is 23.2 Å². The van der Waals surface area contributed by atoms with Crippen LogP contribution in [0.25, 0.3) is 6.08 Å². The third-order valence-electron chi connectivity index (χ3n) is 4.10. The van der Waals surface area contributed by atoms with Crippen molar-refractivity contribution in [3.63, 3.8) is 0 Å². The van der Waals surface area contributed by atoms with Gasteiger partial charge in [-0.25, -0.2) is 14.1 Å². The fourth-order valence-corrected chi connectivity index (χ4v) is 4.08. The van der Waals surface area contributed by atoms with Crippen molar-refractivity contribution in [1.82, 2.24) is 5.32 Å². The Kier molecular flexibility index (Phi) is 5.56. The second-order valence-electron chi connectivity index (χ2n) is 6.13. The number of hydrogen-bond acceptors (Lipinski definition) is 5. The maximum Gasteiger partial charge on any atom is 0.335 e. The predicted molar refractivity (Wildman–Crippen MR) is 112 cm³/mol. The first-order valence-electron chi connectivity index (χ1n) is 8.61. The molecule has 9 heteroatoms. The number of hydrogen-bond donors (Lipinski definition) is 1. The lowest BCUT2D eigenvalue weighted by Gasteiger charge is -2.26. The minimum atomic E-state index is -0.908. The number of anilines is 1. The molecule has 3 aromatic rings. The number of furan rings is 1. The first kappa shape index (κ1) is 20.1. The summed E-state index contributed by atoms with van der Waals surface area (Å²) >= 11 is 4.77. The molecule has 4 amide bonds. The van der Waals surface area contributed by atoms with Gasteiger partial charge in [0.15, 0.2) is 5.09 Å². The Bertz CT molecular complexity index is 1180. The number of nitrogens with zero attached hydrogens (tertiary/aromatic N) is 1. The standard InChI is InChI=1S/C21H12BrFN2O4S/c22-17-11-14(29-20(17)30-15-4-2-1-3-5-15)10-16-18(26)24-21(28)25(19(16)27)13-8-6-12(23)7-9-13/h1-11H,(H,24,26,28)/b16-10+. The number of carbonyl (C=O) groups excluding carboxylic acids is 3. The van der Waals surface area contributed by atoms with Crippen LogP contribution in [0.5, 0.6) is 0 Å². The molecular weight excluding hydrogens is 475 g/mol. The number of imide groups is 2. The van der Waals surface area contributed by atoms with Crippen molar-refractivity contribution >= 4 is 57.3 Å². The highest BCUT2D eigenvalue weighted by Gasteiger charge is 2.37. The van der Waals surface area contributed by atoms with Gasteiger partial charge < -0.3 is 4.42 Å². The quantitative estimate of drug-likeness (QED) is 0.414. The van der Waals surface area contributed by atoms with Crippen LogP contribution < -0.4 is 10.2 Å². The van der Waals surface area contributed by atoms with Gasteiger partial charge in [-0.2, -0.15) is 0 Å². The van der Waals surface area contributed by atoms with E-state index in [1.165, 1.54) is 30.0 Å². The van der Waals surface area contributed by atoms with E-state index in [-0.39, 0.29) is 17.0 Å².